The molecule has 7 nitrogen and oxygen atoms in total. The molecule has 0 atom stereocenters. The Balaban J connectivity index is 1.95. The Hall–Kier alpha value is -2.43. The summed E-state index contributed by atoms with van der Waals surface area (Å²) >= 11 is 0.999. The van der Waals surface area contributed by atoms with Crippen LogP contribution in [0.5, 0.6) is 0 Å². The zero-order chi connectivity index (χ0) is 17.0. The zero-order valence-corrected chi connectivity index (χ0v) is 12.6. The number of anilines is 1. The van der Waals surface area contributed by atoms with Crippen LogP contribution in [0.3, 0.4) is 0 Å². The van der Waals surface area contributed by atoms with E-state index < -0.39 is 30.3 Å². The largest absolute Gasteiger partial charge is 0.461 e. The molecule has 0 aromatic carbocycles. The molecule has 0 bridgehead atoms. The quantitative estimate of drug-likeness (QED) is 0.837. The maximum Gasteiger partial charge on any atom is 0.435 e. The molecule has 0 spiro atoms. The van der Waals surface area contributed by atoms with Gasteiger partial charge >= 0.3 is 12.1 Å². The summed E-state index contributed by atoms with van der Waals surface area (Å²) in [5, 5.41) is 7.18. The van der Waals surface area contributed by atoms with E-state index in [1.54, 1.807) is 6.92 Å². The smallest absolute Gasteiger partial charge is 0.435 e. The summed E-state index contributed by atoms with van der Waals surface area (Å²) in [6.07, 6.45) is -3.51. The van der Waals surface area contributed by atoms with Gasteiger partial charge in [0.25, 0.3) is 0 Å². The van der Waals surface area contributed by atoms with Crippen LogP contribution in [0.1, 0.15) is 23.1 Å². The van der Waals surface area contributed by atoms with Gasteiger partial charge in [0.05, 0.1) is 6.61 Å². The Morgan fingerprint density at radius 3 is 2.78 bits per heavy atom. The fourth-order valence-electron chi connectivity index (χ4n) is 1.54. The first-order chi connectivity index (χ1) is 10.8. The second-order valence-corrected chi connectivity index (χ2v) is 5.06. The molecule has 1 amide bonds. The molecule has 0 aliphatic rings. The Kier molecular flexibility index (Phi) is 4.98. The molecule has 23 heavy (non-hydrogen) atoms. The van der Waals surface area contributed by atoms with Crippen LogP contribution in [0.15, 0.2) is 17.6 Å². The number of aromatic nitrogens is 3. The number of thiazole rings is 1. The lowest BCUT2D eigenvalue weighted by atomic mass is 10.4. The molecule has 0 saturated carbocycles. The molecule has 1 N–H and O–H groups in total. The number of nitrogens with one attached hydrogen (secondary N) is 1. The summed E-state index contributed by atoms with van der Waals surface area (Å²) in [7, 11) is 0. The van der Waals surface area contributed by atoms with Gasteiger partial charge < -0.3 is 10.1 Å². The van der Waals surface area contributed by atoms with Crippen LogP contribution >= 0.6 is 11.3 Å². The van der Waals surface area contributed by atoms with E-state index in [9.17, 15) is 22.8 Å². The number of amides is 1. The minimum absolute atomic E-state index is 0.0468. The van der Waals surface area contributed by atoms with Crippen LogP contribution in [-0.2, 0) is 22.3 Å². The summed E-state index contributed by atoms with van der Waals surface area (Å²) < 4.78 is 42.8. The molecule has 0 saturated heterocycles. The second-order valence-electron chi connectivity index (χ2n) is 4.20. The third-order valence-corrected chi connectivity index (χ3v) is 3.23. The average molecular weight is 348 g/mol. The first kappa shape index (κ1) is 16.9. The molecule has 2 rings (SSSR count). The molecule has 2 heterocycles. The second kappa shape index (κ2) is 6.77. The zero-order valence-electron chi connectivity index (χ0n) is 11.8. The van der Waals surface area contributed by atoms with Gasteiger partial charge in [-0.05, 0) is 13.0 Å². The van der Waals surface area contributed by atoms with Crippen molar-refractivity contribution in [2.24, 2.45) is 0 Å². The molecular weight excluding hydrogens is 337 g/mol. The lowest BCUT2D eigenvalue weighted by molar-refractivity contribution is -0.141. The third kappa shape index (κ3) is 4.52. The normalized spacial score (nSPS) is 11.3. The van der Waals surface area contributed by atoms with E-state index in [2.05, 4.69) is 15.4 Å². The minimum Gasteiger partial charge on any atom is -0.461 e. The fourth-order valence-corrected chi connectivity index (χ4v) is 2.23. The Morgan fingerprint density at radius 2 is 2.17 bits per heavy atom. The van der Waals surface area contributed by atoms with E-state index in [4.69, 9.17) is 4.74 Å². The van der Waals surface area contributed by atoms with Gasteiger partial charge in [-0.2, -0.15) is 18.3 Å². The van der Waals surface area contributed by atoms with Crippen molar-refractivity contribution in [1.82, 2.24) is 14.8 Å². The summed E-state index contributed by atoms with van der Waals surface area (Å²) in [6, 6.07) is 0.773. The lowest BCUT2D eigenvalue weighted by Gasteiger charge is -2.03. The summed E-state index contributed by atoms with van der Waals surface area (Å²) in [5.74, 6) is -1.24. The highest BCUT2D eigenvalue weighted by atomic mass is 32.1. The number of rotatable bonds is 5. The summed E-state index contributed by atoms with van der Waals surface area (Å²) in [4.78, 5) is 27.0. The molecule has 11 heteroatoms. The third-order valence-electron chi connectivity index (χ3n) is 2.47. The van der Waals surface area contributed by atoms with E-state index in [1.807, 2.05) is 0 Å². The van der Waals surface area contributed by atoms with Crippen molar-refractivity contribution in [2.75, 3.05) is 11.9 Å². The summed E-state index contributed by atoms with van der Waals surface area (Å²) in [5.41, 5.74) is -1.03. The van der Waals surface area contributed by atoms with Gasteiger partial charge in [0.15, 0.2) is 16.5 Å². The van der Waals surface area contributed by atoms with Gasteiger partial charge in [0, 0.05) is 11.6 Å². The lowest BCUT2D eigenvalue weighted by Crippen LogP contribution is -2.19. The van der Waals surface area contributed by atoms with Gasteiger partial charge in [-0.3, -0.25) is 9.48 Å². The number of hydrogen-bond donors (Lipinski definition) is 1. The van der Waals surface area contributed by atoms with Crippen molar-refractivity contribution in [2.45, 2.75) is 19.6 Å². The summed E-state index contributed by atoms with van der Waals surface area (Å²) in [6.45, 7) is 1.43. The van der Waals surface area contributed by atoms with Crippen molar-refractivity contribution in [1.29, 1.82) is 0 Å². The first-order valence-corrected chi connectivity index (χ1v) is 7.20. The van der Waals surface area contributed by atoms with E-state index in [0.717, 1.165) is 28.3 Å². The fraction of sp³-hybridized carbons (Fsp3) is 0.333. The predicted octanol–water partition coefficient (Wildman–Crippen LogP) is 2.17. The van der Waals surface area contributed by atoms with Crippen LogP contribution in [0.25, 0.3) is 0 Å². The molecule has 2 aromatic rings. The van der Waals surface area contributed by atoms with Crippen molar-refractivity contribution in [3.63, 3.8) is 0 Å². The van der Waals surface area contributed by atoms with E-state index in [0.29, 0.717) is 0 Å². The van der Waals surface area contributed by atoms with Crippen LogP contribution in [0.4, 0.5) is 18.3 Å². The van der Waals surface area contributed by atoms with Crippen molar-refractivity contribution in [3.8, 4) is 0 Å². The molecule has 0 aliphatic heterocycles. The van der Waals surface area contributed by atoms with Gasteiger partial charge in [-0.15, -0.1) is 11.3 Å². The SMILES string of the molecule is CCOC(=O)c1csc(NC(=O)Cn2ccc(C(F)(F)F)n2)n1. The van der Waals surface area contributed by atoms with Gasteiger partial charge in [0.2, 0.25) is 5.91 Å². The van der Waals surface area contributed by atoms with Gasteiger partial charge in [-0.1, -0.05) is 0 Å². The molecular formula is C12H11F3N4O3S. The van der Waals surface area contributed by atoms with Crippen LogP contribution in [-0.4, -0.2) is 33.2 Å². The Morgan fingerprint density at radius 1 is 1.43 bits per heavy atom. The standard InChI is InChI=1S/C12H11F3N4O3S/c1-2-22-10(21)7-6-23-11(16-7)17-9(20)5-19-4-3-8(18-19)12(13,14)15/h3-4,6H,2,5H2,1H3,(H,16,17,20). The number of alkyl halides is 3. The highest BCUT2D eigenvalue weighted by molar-refractivity contribution is 7.14. The molecule has 124 valence electrons. The Bertz CT molecular complexity index is 710. The van der Waals surface area contributed by atoms with Crippen LogP contribution in [0.2, 0.25) is 0 Å². The number of nitrogens with zero attached hydrogens (tertiary/aromatic N) is 3. The van der Waals surface area contributed by atoms with Crippen LogP contribution in [0, 0.1) is 0 Å². The number of halogens is 3. The topological polar surface area (TPSA) is 86.1 Å². The minimum atomic E-state index is -4.56. The van der Waals surface area contributed by atoms with E-state index >= 15 is 0 Å². The van der Waals surface area contributed by atoms with Gasteiger partial charge in [0.1, 0.15) is 6.54 Å². The number of carbonyl (C=O) groups excluding carboxylic acids is 2. The van der Waals surface area contributed by atoms with E-state index in [1.165, 1.54) is 5.38 Å². The highest BCUT2D eigenvalue weighted by Gasteiger charge is 2.33. The highest BCUT2D eigenvalue weighted by Crippen LogP contribution is 2.27. The number of carbonyl (C=O) groups is 2. The van der Waals surface area contributed by atoms with Crippen LogP contribution < -0.4 is 5.32 Å². The number of hydrogen-bond acceptors (Lipinski definition) is 6. The van der Waals surface area contributed by atoms with Crippen molar-refractivity contribution >= 4 is 28.3 Å². The maximum absolute atomic E-state index is 12.4. The number of ether oxygens (including phenoxy) is 1. The molecule has 0 aliphatic carbocycles. The van der Waals surface area contributed by atoms with E-state index in [-0.39, 0.29) is 17.4 Å². The monoisotopic (exact) mass is 348 g/mol. The van der Waals surface area contributed by atoms with Crippen molar-refractivity contribution in [3.05, 3.63) is 29.0 Å². The molecule has 2 aromatic heterocycles. The Labute approximate surface area is 132 Å². The van der Waals surface area contributed by atoms with Crippen molar-refractivity contribution < 1.29 is 27.5 Å². The first-order valence-electron chi connectivity index (χ1n) is 6.32. The molecule has 0 unspecified atom stereocenters. The molecule has 0 radical (unpaired) electrons. The average Bonchev–Trinajstić information content (AvgIpc) is 3.07. The number of esters is 1. The predicted molar refractivity (Wildman–Crippen MR) is 73.9 cm³/mol. The van der Waals surface area contributed by atoms with Gasteiger partial charge in [-0.25, -0.2) is 9.78 Å². The molecule has 0 fully saturated rings. The maximum atomic E-state index is 12.4.